The Hall–Kier alpha value is -1.10. The molecule has 0 bridgehead atoms. The van der Waals surface area contributed by atoms with Gasteiger partial charge >= 0.3 is 0 Å². The van der Waals surface area contributed by atoms with Crippen LogP contribution >= 0.6 is 62.5 Å². The molecule has 1 amide bonds. The summed E-state index contributed by atoms with van der Waals surface area (Å²) in [5, 5.41) is 9.93. The number of carbonyl (C=O) groups excluding carboxylic acids is 1. The fraction of sp³-hybridized carbons (Fsp3) is 0.0588. The highest BCUT2D eigenvalue weighted by Crippen LogP contribution is 2.38. The van der Waals surface area contributed by atoms with E-state index in [4.69, 9.17) is 17.0 Å². The smallest absolute Gasteiger partial charge is 0.270 e. The second-order valence-corrected chi connectivity index (χ2v) is 8.80. The molecule has 25 heavy (non-hydrogen) atoms. The zero-order valence-electron chi connectivity index (χ0n) is 12.8. The molecule has 128 valence electrons. The maximum Gasteiger partial charge on any atom is 0.270 e. The average molecular weight is 548 g/mol. The summed E-state index contributed by atoms with van der Waals surface area (Å²) in [4.78, 5) is 14.8. The number of thiocarbonyl (C=S) groups is 1. The van der Waals surface area contributed by atoms with Crippen LogP contribution in [0.3, 0.4) is 0 Å². The van der Waals surface area contributed by atoms with Crippen LogP contribution < -0.4 is 9.64 Å². The number of benzene rings is 2. The van der Waals surface area contributed by atoms with Gasteiger partial charge in [0.25, 0.3) is 5.91 Å². The molecule has 2 aromatic rings. The first-order chi connectivity index (χ1) is 11.9. The Morgan fingerprint density at radius 1 is 1.36 bits per heavy atom. The lowest BCUT2D eigenvalue weighted by Crippen LogP contribution is -2.27. The lowest BCUT2D eigenvalue weighted by molar-refractivity contribution is -0.113. The Balaban J connectivity index is 1.97. The lowest BCUT2D eigenvalue weighted by Gasteiger charge is -2.14. The van der Waals surface area contributed by atoms with Gasteiger partial charge in [0.15, 0.2) is 15.8 Å². The van der Waals surface area contributed by atoms with Gasteiger partial charge in [-0.3, -0.25) is 9.69 Å². The van der Waals surface area contributed by atoms with Gasteiger partial charge in [-0.25, -0.2) is 0 Å². The van der Waals surface area contributed by atoms with Crippen LogP contribution in [0.25, 0.3) is 6.08 Å². The molecule has 1 heterocycles. The average Bonchev–Trinajstić information content (AvgIpc) is 2.84. The third-order valence-electron chi connectivity index (χ3n) is 3.43. The first-order valence-electron chi connectivity index (χ1n) is 7.00. The number of hydrogen-bond donors (Lipinski definition) is 1. The molecule has 3 rings (SSSR count). The summed E-state index contributed by atoms with van der Waals surface area (Å²) in [5.74, 6) is 0.276. The Morgan fingerprint density at radius 3 is 2.80 bits per heavy atom. The van der Waals surface area contributed by atoms with E-state index in [1.165, 1.54) is 23.8 Å². The van der Waals surface area contributed by atoms with Crippen molar-refractivity contribution in [3.05, 3.63) is 54.9 Å². The van der Waals surface area contributed by atoms with Crippen molar-refractivity contribution in [2.24, 2.45) is 0 Å². The number of amides is 1. The van der Waals surface area contributed by atoms with Crippen molar-refractivity contribution in [2.75, 3.05) is 12.0 Å². The number of hydrogen-bond acceptors (Lipinski definition) is 5. The van der Waals surface area contributed by atoms with Crippen LogP contribution in [0.4, 0.5) is 5.69 Å². The number of thioether (sulfide) groups is 1. The Bertz CT molecular complexity index is 917. The van der Waals surface area contributed by atoms with Gasteiger partial charge in [-0.05, 0) is 64.6 Å². The molecule has 0 spiro atoms. The fourth-order valence-corrected chi connectivity index (χ4v) is 4.60. The van der Waals surface area contributed by atoms with Gasteiger partial charge in [-0.1, -0.05) is 46.0 Å². The number of methoxy groups -OCH3 is 1. The number of aromatic hydroxyl groups is 1. The zero-order chi connectivity index (χ0) is 18.1. The summed E-state index contributed by atoms with van der Waals surface area (Å²) in [5.41, 5.74) is 1.48. The van der Waals surface area contributed by atoms with Crippen LogP contribution in [0, 0.1) is 3.57 Å². The third-order valence-corrected chi connectivity index (χ3v) is 6.05. The Labute approximate surface area is 176 Å². The standard InChI is InChI=1S/C17H11BrINO3S2/c1-23-13-6-9(5-12(19)15(13)21)7-14-16(22)20(17(24)25-14)11-4-2-3-10(18)8-11/h2-8,21H,1H3/b14-7+. The number of phenolic OH excluding ortho intramolecular Hbond substituents is 1. The van der Waals surface area contributed by atoms with Crippen molar-refractivity contribution >= 4 is 84.5 Å². The predicted octanol–water partition coefficient (Wildman–Crippen LogP) is 5.17. The van der Waals surface area contributed by atoms with Crippen LogP contribution in [0.5, 0.6) is 11.5 Å². The molecular weight excluding hydrogens is 537 g/mol. The van der Waals surface area contributed by atoms with Gasteiger partial charge in [0.1, 0.15) is 0 Å². The van der Waals surface area contributed by atoms with Gasteiger partial charge in [0.05, 0.1) is 21.3 Å². The molecular formula is C17H11BrINO3S2. The monoisotopic (exact) mass is 547 g/mol. The number of halogens is 2. The molecule has 0 aliphatic carbocycles. The first-order valence-corrected chi connectivity index (χ1v) is 10.1. The molecule has 0 saturated carbocycles. The van der Waals surface area contributed by atoms with Gasteiger partial charge < -0.3 is 9.84 Å². The highest BCUT2D eigenvalue weighted by atomic mass is 127. The van der Waals surface area contributed by atoms with Crippen molar-refractivity contribution in [1.29, 1.82) is 0 Å². The van der Waals surface area contributed by atoms with E-state index in [2.05, 4.69) is 15.9 Å². The molecule has 1 aliphatic heterocycles. The molecule has 0 atom stereocenters. The van der Waals surface area contributed by atoms with Crippen LogP contribution in [-0.2, 0) is 4.79 Å². The van der Waals surface area contributed by atoms with E-state index < -0.39 is 0 Å². The lowest BCUT2D eigenvalue weighted by atomic mass is 10.2. The molecule has 8 heteroatoms. The second kappa shape index (κ2) is 7.65. The molecule has 2 aromatic carbocycles. The number of ether oxygens (including phenoxy) is 1. The van der Waals surface area contributed by atoms with E-state index in [0.717, 1.165) is 15.7 Å². The minimum atomic E-state index is -0.171. The maximum atomic E-state index is 12.8. The Kier molecular flexibility index (Phi) is 5.71. The van der Waals surface area contributed by atoms with E-state index >= 15 is 0 Å². The van der Waals surface area contributed by atoms with Gasteiger partial charge in [0.2, 0.25) is 0 Å². The van der Waals surface area contributed by atoms with E-state index in [1.807, 2.05) is 46.9 Å². The molecule has 1 aliphatic rings. The summed E-state index contributed by atoms with van der Waals surface area (Å²) in [6.07, 6.45) is 1.75. The minimum Gasteiger partial charge on any atom is -0.504 e. The highest BCUT2D eigenvalue weighted by molar-refractivity contribution is 14.1. The fourth-order valence-electron chi connectivity index (χ4n) is 2.29. The minimum absolute atomic E-state index is 0.0851. The molecule has 1 N–H and O–H groups in total. The quantitative estimate of drug-likeness (QED) is 0.326. The molecule has 1 saturated heterocycles. The van der Waals surface area contributed by atoms with Crippen molar-refractivity contribution in [3.8, 4) is 11.5 Å². The summed E-state index contributed by atoms with van der Waals surface area (Å²) in [6, 6.07) is 10.9. The van der Waals surface area contributed by atoms with E-state index in [9.17, 15) is 9.90 Å². The zero-order valence-corrected chi connectivity index (χ0v) is 18.2. The van der Waals surface area contributed by atoms with Crippen LogP contribution in [0.2, 0.25) is 0 Å². The normalized spacial score (nSPS) is 16.0. The van der Waals surface area contributed by atoms with E-state index in [-0.39, 0.29) is 11.7 Å². The summed E-state index contributed by atoms with van der Waals surface area (Å²) in [7, 11) is 1.49. The predicted molar refractivity (Wildman–Crippen MR) is 117 cm³/mol. The number of anilines is 1. The van der Waals surface area contributed by atoms with Gasteiger partial charge in [0, 0.05) is 4.47 Å². The molecule has 0 aromatic heterocycles. The van der Waals surface area contributed by atoms with Crippen molar-refractivity contribution in [3.63, 3.8) is 0 Å². The number of carbonyl (C=O) groups is 1. The highest BCUT2D eigenvalue weighted by Gasteiger charge is 2.33. The number of phenols is 1. The van der Waals surface area contributed by atoms with Gasteiger partial charge in [-0.15, -0.1) is 0 Å². The number of nitrogens with zero attached hydrogens (tertiary/aromatic N) is 1. The van der Waals surface area contributed by atoms with Crippen molar-refractivity contribution in [2.45, 2.75) is 0 Å². The first kappa shape index (κ1) is 18.7. The van der Waals surface area contributed by atoms with Crippen molar-refractivity contribution in [1.82, 2.24) is 0 Å². The SMILES string of the molecule is COc1cc(/C=C2/SC(=S)N(c3cccc(Br)c3)C2=O)cc(I)c1O. The van der Waals surface area contributed by atoms with E-state index in [0.29, 0.717) is 18.5 Å². The van der Waals surface area contributed by atoms with Crippen LogP contribution in [-0.4, -0.2) is 22.4 Å². The van der Waals surface area contributed by atoms with Crippen LogP contribution in [0.1, 0.15) is 5.56 Å². The summed E-state index contributed by atoms with van der Waals surface area (Å²) in [6.45, 7) is 0. The molecule has 0 radical (unpaired) electrons. The summed E-state index contributed by atoms with van der Waals surface area (Å²) < 4.78 is 7.17. The summed E-state index contributed by atoms with van der Waals surface area (Å²) >= 11 is 12.1. The molecule has 4 nitrogen and oxygen atoms in total. The van der Waals surface area contributed by atoms with E-state index in [1.54, 1.807) is 18.2 Å². The maximum absolute atomic E-state index is 12.8. The number of rotatable bonds is 3. The molecule has 0 unspecified atom stereocenters. The topological polar surface area (TPSA) is 49.8 Å². The van der Waals surface area contributed by atoms with Crippen molar-refractivity contribution < 1.29 is 14.6 Å². The molecule has 1 fully saturated rings. The largest absolute Gasteiger partial charge is 0.504 e. The van der Waals surface area contributed by atoms with Crippen LogP contribution in [0.15, 0.2) is 45.8 Å². The Morgan fingerprint density at radius 2 is 2.12 bits per heavy atom. The third kappa shape index (κ3) is 3.86. The second-order valence-electron chi connectivity index (χ2n) is 5.05. The van der Waals surface area contributed by atoms with Gasteiger partial charge in [-0.2, -0.15) is 0 Å².